The van der Waals surface area contributed by atoms with Gasteiger partial charge in [0, 0.05) is 6.54 Å². The maximum Gasteiger partial charge on any atom is 0.255 e. The number of aromatic nitrogens is 2. The van der Waals surface area contributed by atoms with Gasteiger partial charge >= 0.3 is 0 Å². The summed E-state index contributed by atoms with van der Waals surface area (Å²) in [6.07, 6.45) is 0.649. The number of nitrogens with zero attached hydrogens (tertiary/aromatic N) is 2. The average molecular weight is 397 g/mol. The number of methoxy groups -OCH3 is 2. The van der Waals surface area contributed by atoms with Crippen LogP contribution in [0.15, 0.2) is 42.5 Å². The van der Waals surface area contributed by atoms with Gasteiger partial charge in [0.15, 0.2) is 11.5 Å². The second-order valence-corrected chi connectivity index (χ2v) is 6.63. The van der Waals surface area contributed by atoms with Crippen molar-refractivity contribution < 1.29 is 18.7 Å². The molecule has 0 unspecified atom stereocenters. The van der Waals surface area contributed by atoms with Crippen molar-refractivity contribution in [1.82, 2.24) is 15.1 Å². The SMILES string of the molecule is COc1ccc(CCNC(=O)c2c(C)nn(-c3ccc(F)cc3)c2C)cc1OC. The summed E-state index contributed by atoms with van der Waals surface area (Å²) in [7, 11) is 3.18. The number of carbonyl (C=O) groups excluding carboxylic acids is 1. The van der Waals surface area contributed by atoms with Gasteiger partial charge in [-0.2, -0.15) is 5.10 Å². The highest BCUT2D eigenvalue weighted by atomic mass is 19.1. The first-order valence-electron chi connectivity index (χ1n) is 9.26. The molecule has 0 aliphatic heterocycles. The predicted molar refractivity (Wildman–Crippen MR) is 109 cm³/mol. The predicted octanol–water partition coefficient (Wildman–Crippen LogP) is 3.62. The molecule has 29 heavy (non-hydrogen) atoms. The number of ether oxygens (including phenoxy) is 2. The number of nitrogens with one attached hydrogen (secondary N) is 1. The molecule has 0 atom stereocenters. The Morgan fingerprint density at radius 2 is 1.76 bits per heavy atom. The molecule has 6 nitrogen and oxygen atoms in total. The Bertz CT molecular complexity index is 1010. The van der Waals surface area contributed by atoms with E-state index in [4.69, 9.17) is 9.47 Å². The van der Waals surface area contributed by atoms with Gasteiger partial charge in [-0.1, -0.05) is 6.07 Å². The molecule has 0 fully saturated rings. The van der Waals surface area contributed by atoms with Crippen molar-refractivity contribution in [3.63, 3.8) is 0 Å². The summed E-state index contributed by atoms with van der Waals surface area (Å²) in [4.78, 5) is 12.7. The Kier molecular flexibility index (Phi) is 6.16. The lowest BCUT2D eigenvalue weighted by molar-refractivity contribution is 0.0953. The van der Waals surface area contributed by atoms with E-state index in [1.165, 1.54) is 12.1 Å². The molecule has 0 aliphatic rings. The van der Waals surface area contributed by atoms with Crippen LogP contribution in [0.25, 0.3) is 5.69 Å². The molecule has 152 valence electrons. The summed E-state index contributed by atoms with van der Waals surface area (Å²) in [5, 5.41) is 7.39. The molecular weight excluding hydrogens is 373 g/mol. The van der Waals surface area contributed by atoms with Gasteiger partial charge in [-0.15, -0.1) is 0 Å². The number of hydrogen-bond donors (Lipinski definition) is 1. The van der Waals surface area contributed by atoms with E-state index in [0.29, 0.717) is 47.1 Å². The molecule has 1 heterocycles. The fourth-order valence-electron chi connectivity index (χ4n) is 3.25. The third-order valence-electron chi connectivity index (χ3n) is 4.74. The van der Waals surface area contributed by atoms with Gasteiger partial charge < -0.3 is 14.8 Å². The first-order valence-corrected chi connectivity index (χ1v) is 9.26. The van der Waals surface area contributed by atoms with E-state index in [0.717, 1.165) is 5.56 Å². The highest BCUT2D eigenvalue weighted by molar-refractivity contribution is 5.96. The molecule has 0 spiro atoms. The minimum atomic E-state index is -0.316. The van der Waals surface area contributed by atoms with Gasteiger partial charge in [-0.3, -0.25) is 4.79 Å². The maximum absolute atomic E-state index is 13.2. The molecular formula is C22H24FN3O3. The lowest BCUT2D eigenvalue weighted by Crippen LogP contribution is -2.26. The fraction of sp³-hybridized carbons (Fsp3) is 0.273. The Balaban J connectivity index is 1.69. The van der Waals surface area contributed by atoms with E-state index in [1.54, 1.807) is 38.0 Å². The van der Waals surface area contributed by atoms with Crippen LogP contribution in [-0.2, 0) is 6.42 Å². The number of halogens is 1. The van der Waals surface area contributed by atoms with Gasteiger partial charge in [0.25, 0.3) is 5.91 Å². The molecule has 0 aliphatic carbocycles. The Hall–Kier alpha value is -3.35. The number of amides is 1. The van der Waals surface area contributed by atoms with Crippen molar-refractivity contribution in [2.45, 2.75) is 20.3 Å². The van der Waals surface area contributed by atoms with Crippen LogP contribution in [0.5, 0.6) is 11.5 Å². The zero-order valence-corrected chi connectivity index (χ0v) is 17.0. The highest BCUT2D eigenvalue weighted by Gasteiger charge is 2.19. The quantitative estimate of drug-likeness (QED) is 0.661. The topological polar surface area (TPSA) is 65.4 Å². The molecule has 0 bridgehead atoms. The van der Waals surface area contributed by atoms with Crippen LogP contribution < -0.4 is 14.8 Å². The van der Waals surface area contributed by atoms with Crippen molar-refractivity contribution in [1.29, 1.82) is 0 Å². The third kappa shape index (κ3) is 4.39. The van der Waals surface area contributed by atoms with E-state index in [-0.39, 0.29) is 11.7 Å². The van der Waals surface area contributed by atoms with E-state index < -0.39 is 0 Å². The highest BCUT2D eigenvalue weighted by Crippen LogP contribution is 2.27. The van der Waals surface area contributed by atoms with Gasteiger partial charge in [-0.25, -0.2) is 9.07 Å². The van der Waals surface area contributed by atoms with Gasteiger partial charge in [0.05, 0.1) is 36.9 Å². The lowest BCUT2D eigenvalue weighted by Gasteiger charge is -2.10. The molecule has 1 N–H and O–H groups in total. The van der Waals surface area contributed by atoms with Crippen molar-refractivity contribution in [3.8, 4) is 17.2 Å². The summed E-state index contributed by atoms with van der Waals surface area (Å²) in [5.74, 6) is 0.820. The normalized spacial score (nSPS) is 10.7. The first-order chi connectivity index (χ1) is 13.9. The zero-order valence-electron chi connectivity index (χ0n) is 17.0. The number of benzene rings is 2. The third-order valence-corrected chi connectivity index (χ3v) is 4.74. The van der Waals surface area contributed by atoms with Crippen LogP contribution in [-0.4, -0.2) is 36.5 Å². The fourth-order valence-corrected chi connectivity index (χ4v) is 3.25. The summed E-state index contributed by atoms with van der Waals surface area (Å²) in [6.45, 7) is 4.08. The second-order valence-electron chi connectivity index (χ2n) is 6.63. The van der Waals surface area contributed by atoms with Crippen LogP contribution in [0.1, 0.15) is 27.3 Å². The number of carbonyl (C=O) groups is 1. The maximum atomic E-state index is 13.2. The standard InChI is InChI=1S/C22H24FN3O3/c1-14-21(15(2)26(25-14)18-8-6-17(23)7-9-18)22(27)24-12-11-16-5-10-19(28-3)20(13-16)29-4/h5-10,13H,11-12H2,1-4H3,(H,24,27). The summed E-state index contributed by atoms with van der Waals surface area (Å²) in [5.41, 5.74) is 3.59. The van der Waals surface area contributed by atoms with Crippen LogP contribution in [0, 0.1) is 19.7 Å². The summed E-state index contributed by atoms with van der Waals surface area (Å²) >= 11 is 0. The molecule has 0 radical (unpaired) electrons. The van der Waals surface area contributed by atoms with E-state index >= 15 is 0 Å². The van der Waals surface area contributed by atoms with Crippen LogP contribution in [0.3, 0.4) is 0 Å². The largest absolute Gasteiger partial charge is 0.493 e. The van der Waals surface area contributed by atoms with Crippen molar-refractivity contribution >= 4 is 5.91 Å². The summed E-state index contributed by atoms with van der Waals surface area (Å²) in [6, 6.07) is 11.7. The number of rotatable bonds is 7. The van der Waals surface area contributed by atoms with Gasteiger partial charge in [0.1, 0.15) is 5.82 Å². The minimum Gasteiger partial charge on any atom is -0.493 e. The average Bonchev–Trinajstić information content (AvgIpc) is 3.02. The molecule has 0 saturated carbocycles. The van der Waals surface area contributed by atoms with Crippen LogP contribution in [0.2, 0.25) is 0 Å². The molecule has 3 aromatic rings. The van der Waals surface area contributed by atoms with Gasteiger partial charge in [0.2, 0.25) is 0 Å². The van der Waals surface area contributed by atoms with Crippen LogP contribution >= 0.6 is 0 Å². The number of hydrogen-bond acceptors (Lipinski definition) is 4. The lowest BCUT2D eigenvalue weighted by atomic mass is 10.1. The Labute approximate surface area is 169 Å². The first kappa shape index (κ1) is 20.4. The summed E-state index contributed by atoms with van der Waals surface area (Å²) < 4.78 is 25.4. The van der Waals surface area contributed by atoms with Gasteiger partial charge in [-0.05, 0) is 62.2 Å². The molecule has 2 aromatic carbocycles. The van der Waals surface area contributed by atoms with E-state index in [2.05, 4.69) is 10.4 Å². The van der Waals surface area contributed by atoms with Crippen molar-refractivity contribution in [3.05, 3.63) is 70.8 Å². The molecule has 1 amide bonds. The van der Waals surface area contributed by atoms with Crippen molar-refractivity contribution in [2.75, 3.05) is 20.8 Å². The molecule has 0 saturated heterocycles. The van der Waals surface area contributed by atoms with Crippen LogP contribution in [0.4, 0.5) is 4.39 Å². The van der Waals surface area contributed by atoms with E-state index in [9.17, 15) is 9.18 Å². The molecule has 1 aromatic heterocycles. The van der Waals surface area contributed by atoms with Crippen molar-refractivity contribution in [2.24, 2.45) is 0 Å². The molecule has 7 heteroatoms. The second kappa shape index (κ2) is 8.77. The Morgan fingerprint density at radius 3 is 2.41 bits per heavy atom. The zero-order chi connectivity index (χ0) is 21.0. The smallest absolute Gasteiger partial charge is 0.255 e. The monoisotopic (exact) mass is 397 g/mol. The minimum absolute atomic E-state index is 0.186. The number of aryl methyl sites for hydroxylation is 1. The molecule has 3 rings (SSSR count). The van der Waals surface area contributed by atoms with E-state index in [1.807, 2.05) is 25.1 Å². The Morgan fingerprint density at radius 1 is 1.07 bits per heavy atom.